The van der Waals surface area contributed by atoms with Crippen LogP contribution in [-0.2, 0) is 4.74 Å². The van der Waals surface area contributed by atoms with Gasteiger partial charge in [0.15, 0.2) is 0 Å². The third-order valence-corrected chi connectivity index (χ3v) is 2.83. The predicted octanol–water partition coefficient (Wildman–Crippen LogP) is 2.47. The van der Waals surface area contributed by atoms with Gasteiger partial charge in [0.25, 0.3) is 5.91 Å². The van der Waals surface area contributed by atoms with Gasteiger partial charge in [-0.1, -0.05) is 6.08 Å². The predicted molar refractivity (Wildman–Crippen MR) is 68.8 cm³/mol. The van der Waals surface area contributed by atoms with Crippen molar-refractivity contribution in [2.75, 3.05) is 7.11 Å². The zero-order valence-electron chi connectivity index (χ0n) is 10.9. The van der Waals surface area contributed by atoms with Gasteiger partial charge in [-0.05, 0) is 38.0 Å². The molecule has 0 fully saturated rings. The van der Waals surface area contributed by atoms with E-state index in [1.54, 1.807) is 7.11 Å². The minimum atomic E-state index is -0.425. The fourth-order valence-electron chi connectivity index (χ4n) is 1.82. The van der Waals surface area contributed by atoms with Crippen LogP contribution >= 0.6 is 0 Å². The van der Waals surface area contributed by atoms with E-state index < -0.39 is 5.82 Å². The van der Waals surface area contributed by atoms with Crippen LogP contribution in [0.25, 0.3) is 0 Å². The highest BCUT2D eigenvalue weighted by Gasteiger charge is 2.15. The monoisotopic (exact) mass is 262 g/mol. The first-order valence-corrected chi connectivity index (χ1v) is 6.01. The molecule has 0 saturated heterocycles. The van der Waals surface area contributed by atoms with Crippen LogP contribution < -0.4 is 5.32 Å². The van der Waals surface area contributed by atoms with Crippen LogP contribution in [0.4, 0.5) is 4.39 Å². The first-order chi connectivity index (χ1) is 9.11. The number of nitrogens with one attached hydrogen (secondary N) is 1. The number of hydrogen-bond acceptors (Lipinski definition) is 3. The molecule has 19 heavy (non-hydrogen) atoms. The number of aryl methyl sites for hydroxylation is 1. The molecular formula is C14H15FN2O2. The Morgan fingerprint density at radius 2 is 2.11 bits per heavy atom. The Labute approximate surface area is 111 Å². The van der Waals surface area contributed by atoms with Crippen LogP contribution in [0.2, 0.25) is 0 Å². The van der Waals surface area contributed by atoms with Crippen molar-refractivity contribution >= 4 is 5.91 Å². The number of hydrogen-bond donors (Lipinski definition) is 1. The van der Waals surface area contributed by atoms with Gasteiger partial charge < -0.3 is 10.1 Å². The Hall–Kier alpha value is -2.17. The Morgan fingerprint density at radius 1 is 1.37 bits per heavy atom. The third-order valence-electron chi connectivity index (χ3n) is 2.83. The highest BCUT2D eigenvalue weighted by atomic mass is 19.1. The number of pyridine rings is 1. The SMILES string of the molecule is COC1=CCCC=C1NC(=O)c1ccc(F)c(C)n1. The van der Waals surface area contributed by atoms with E-state index in [-0.39, 0.29) is 17.3 Å². The molecule has 1 heterocycles. The van der Waals surface area contributed by atoms with Crippen molar-refractivity contribution in [1.29, 1.82) is 0 Å². The average molecular weight is 262 g/mol. The van der Waals surface area contributed by atoms with Crippen molar-refractivity contribution in [2.45, 2.75) is 19.8 Å². The molecule has 0 aromatic carbocycles. The van der Waals surface area contributed by atoms with Crippen LogP contribution in [0.1, 0.15) is 29.0 Å². The summed E-state index contributed by atoms with van der Waals surface area (Å²) in [6.07, 6.45) is 5.54. The molecule has 0 atom stereocenters. The summed E-state index contributed by atoms with van der Waals surface area (Å²) in [5, 5.41) is 2.73. The van der Waals surface area contributed by atoms with Crippen molar-refractivity contribution in [3.8, 4) is 0 Å². The van der Waals surface area contributed by atoms with Gasteiger partial charge in [0.2, 0.25) is 0 Å². The number of methoxy groups -OCH3 is 1. The number of ether oxygens (including phenoxy) is 1. The maximum atomic E-state index is 13.1. The topological polar surface area (TPSA) is 51.2 Å². The lowest BCUT2D eigenvalue weighted by Crippen LogP contribution is -2.26. The number of nitrogens with zero attached hydrogens (tertiary/aromatic N) is 1. The summed E-state index contributed by atoms with van der Waals surface area (Å²) in [6, 6.07) is 2.59. The number of carbonyl (C=O) groups is 1. The smallest absolute Gasteiger partial charge is 0.274 e. The molecule has 0 radical (unpaired) electrons. The summed E-state index contributed by atoms with van der Waals surface area (Å²) >= 11 is 0. The number of rotatable bonds is 3. The summed E-state index contributed by atoms with van der Waals surface area (Å²) in [5.41, 5.74) is 1.01. The van der Waals surface area contributed by atoms with Gasteiger partial charge in [-0.2, -0.15) is 0 Å². The Kier molecular flexibility index (Phi) is 3.94. The van der Waals surface area contributed by atoms with E-state index in [0.717, 1.165) is 12.8 Å². The van der Waals surface area contributed by atoms with Crippen LogP contribution in [0, 0.1) is 12.7 Å². The molecule has 0 aliphatic heterocycles. The lowest BCUT2D eigenvalue weighted by Gasteiger charge is -2.15. The molecule has 4 nitrogen and oxygen atoms in total. The molecule has 1 aromatic rings. The Morgan fingerprint density at radius 3 is 2.79 bits per heavy atom. The van der Waals surface area contributed by atoms with Crippen LogP contribution in [0.3, 0.4) is 0 Å². The highest BCUT2D eigenvalue weighted by molar-refractivity contribution is 5.93. The number of aromatic nitrogens is 1. The summed E-state index contributed by atoms with van der Waals surface area (Å²) < 4.78 is 18.3. The summed E-state index contributed by atoms with van der Waals surface area (Å²) in [6.45, 7) is 1.52. The molecule has 100 valence electrons. The molecule has 1 amide bonds. The average Bonchev–Trinajstić information content (AvgIpc) is 2.42. The fraction of sp³-hybridized carbons (Fsp3) is 0.286. The summed E-state index contributed by atoms with van der Waals surface area (Å²) in [4.78, 5) is 15.9. The number of carbonyl (C=O) groups excluding carboxylic acids is 1. The van der Waals surface area contributed by atoms with Crippen LogP contribution in [0.15, 0.2) is 35.7 Å². The second kappa shape index (κ2) is 5.65. The maximum Gasteiger partial charge on any atom is 0.274 e. The van der Waals surface area contributed by atoms with Gasteiger partial charge in [-0.15, -0.1) is 0 Å². The van der Waals surface area contributed by atoms with Crippen molar-refractivity contribution < 1.29 is 13.9 Å². The summed E-state index contributed by atoms with van der Waals surface area (Å²) in [7, 11) is 1.55. The lowest BCUT2D eigenvalue weighted by molar-refractivity contribution is 0.0957. The minimum Gasteiger partial charge on any atom is -0.495 e. The number of allylic oxidation sites excluding steroid dienone is 2. The normalized spacial score (nSPS) is 14.5. The van der Waals surface area contributed by atoms with E-state index in [2.05, 4.69) is 10.3 Å². The van der Waals surface area contributed by atoms with Crippen molar-refractivity contribution in [3.05, 3.63) is 52.9 Å². The minimum absolute atomic E-state index is 0.181. The van der Waals surface area contributed by atoms with Crippen molar-refractivity contribution in [2.24, 2.45) is 0 Å². The fourth-order valence-corrected chi connectivity index (χ4v) is 1.82. The highest BCUT2D eigenvalue weighted by Crippen LogP contribution is 2.17. The molecule has 5 heteroatoms. The molecule has 0 unspecified atom stereocenters. The second-order valence-electron chi connectivity index (χ2n) is 4.19. The van der Waals surface area contributed by atoms with Crippen LogP contribution in [0.5, 0.6) is 0 Å². The van der Waals surface area contributed by atoms with Crippen molar-refractivity contribution in [3.63, 3.8) is 0 Å². The van der Waals surface area contributed by atoms with E-state index in [4.69, 9.17) is 4.74 Å². The van der Waals surface area contributed by atoms with Gasteiger partial charge in [0.1, 0.15) is 17.3 Å². The van der Waals surface area contributed by atoms with E-state index in [9.17, 15) is 9.18 Å². The molecule has 1 aliphatic rings. The van der Waals surface area contributed by atoms with Gasteiger partial charge in [-0.25, -0.2) is 9.37 Å². The molecule has 0 saturated carbocycles. The summed E-state index contributed by atoms with van der Waals surface area (Å²) in [5.74, 6) is -0.163. The zero-order chi connectivity index (χ0) is 13.8. The molecule has 1 aromatic heterocycles. The molecule has 0 bridgehead atoms. The Balaban J connectivity index is 2.15. The molecule has 0 spiro atoms. The third kappa shape index (κ3) is 2.99. The first-order valence-electron chi connectivity index (χ1n) is 6.01. The van der Waals surface area contributed by atoms with Gasteiger partial charge in [0, 0.05) is 0 Å². The van der Waals surface area contributed by atoms with E-state index in [1.807, 2.05) is 12.2 Å². The van der Waals surface area contributed by atoms with Gasteiger partial charge >= 0.3 is 0 Å². The quantitative estimate of drug-likeness (QED) is 0.910. The van der Waals surface area contributed by atoms with E-state index in [0.29, 0.717) is 11.5 Å². The molecule has 1 N–H and O–H groups in total. The second-order valence-corrected chi connectivity index (χ2v) is 4.19. The lowest BCUT2D eigenvalue weighted by atomic mass is 10.1. The molecule has 2 rings (SSSR count). The maximum absolute atomic E-state index is 13.1. The number of amides is 1. The van der Waals surface area contributed by atoms with Crippen LogP contribution in [-0.4, -0.2) is 18.0 Å². The molecular weight excluding hydrogens is 247 g/mol. The number of halogens is 1. The van der Waals surface area contributed by atoms with Gasteiger partial charge in [-0.3, -0.25) is 4.79 Å². The van der Waals surface area contributed by atoms with Gasteiger partial charge in [0.05, 0.1) is 18.5 Å². The van der Waals surface area contributed by atoms with Crippen molar-refractivity contribution in [1.82, 2.24) is 10.3 Å². The van der Waals surface area contributed by atoms with E-state index >= 15 is 0 Å². The molecule has 1 aliphatic carbocycles. The largest absolute Gasteiger partial charge is 0.495 e. The zero-order valence-corrected chi connectivity index (χ0v) is 10.9. The van der Waals surface area contributed by atoms with E-state index in [1.165, 1.54) is 19.1 Å². The first kappa shape index (κ1) is 13.3. The Bertz CT molecular complexity index is 565. The standard InChI is InChI=1S/C14H15FN2O2/c1-9-10(15)7-8-12(16-9)14(18)17-11-5-3-4-6-13(11)19-2/h5-8H,3-4H2,1-2H3,(H,17,18).